The first-order chi connectivity index (χ1) is 17.2. The van der Waals surface area contributed by atoms with Crippen LogP contribution in [-0.2, 0) is 19.0 Å². The van der Waals surface area contributed by atoms with Crippen molar-refractivity contribution in [2.24, 2.45) is 0 Å². The Balaban J connectivity index is 1.90. The van der Waals surface area contributed by atoms with Gasteiger partial charge in [0, 0.05) is 12.1 Å². The molecule has 3 aromatic carbocycles. The van der Waals surface area contributed by atoms with Gasteiger partial charge in [-0.15, -0.1) is 0 Å². The SMILES string of the molecule is CCOc1ccccc1O[C@H](c1ccccc1)[C@@H](COC(=O)c1ccc([N+](=O)[O-])cc1)OS(C)(=O)=O. The zero-order chi connectivity index (χ0) is 26.1. The normalized spacial score (nSPS) is 12.8. The molecule has 3 rings (SSSR count). The van der Waals surface area contributed by atoms with Gasteiger partial charge < -0.3 is 14.2 Å². The molecule has 0 aliphatic rings. The number of non-ortho nitro benzene ring substituents is 1. The van der Waals surface area contributed by atoms with Crippen LogP contribution in [0.4, 0.5) is 5.69 Å². The van der Waals surface area contributed by atoms with Gasteiger partial charge in [-0.05, 0) is 36.8 Å². The molecule has 11 heteroatoms. The van der Waals surface area contributed by atoms with Crippen molar-refractivity contribution in [2.75, 3.05) is 19.5 Å². The lowest BCUT2D eigenvalue weighted by Gasteiger charge is -2.28. The number of para-hydroxylation sites is 2. The summed E-state index contributed by atoms with van der Waals surface area (Å²) >= 11 is 0. The van der Waals surface area contributed by atoms with Crippen molar-refractivity contribution in [2.45, 2.75) is 19.1 Å². The maximum Gasteiger partial charge on any atom is 0.338 e. The van der Waals surface area contributed by atoms with Gasteiger partial charge in [0.15, 0.2) is 23.7 Å². The summed E-state index contributed by atoms with van der Waals surface area (Å²) in [6, 6.07) is 20.5. The first kappa shape index (κ1) is 26.6. The Bertz CT molecular complexity index is 1280. The number of nitro benzene ring substituents is 1. The number of hydrogen-bond donors (Lipinski definition) is 0. The van der Waals surface area contributed by atoms with Crippen LogP contribution >= 0.6 is 0 Å². The summed E-state index contributed by atoms with van der Waals surface area (Å²) in [4.78, 5) is 22.9. The van der Waals surface area contributed by atoms with E-state index in [9.17, 15) is 23.3 Å². The minimum absolute atomic E-state index is 0.0533. The highest BCUT2D eigenvalue weighted by Gasteiger charge is 2.32. The highest BCUT2D eigenvalue weighted by molar-refractivity contribution is 7.86. The van der Waals surface area contributed by atoms with Crippen LogP contribution in [0.25, 0.3) is 0 Å². The number of esters is 1. The van der Waals surface area contributed by atoms with Gasteiger partial charge in [0.2, 0.25) is 0 Å². The Kier molecular flexibility index (Phi) is 8.98. The lowest BCUT2D eigenvalue weighted by atomic mass is 10.0. The maximum absolute atomic E-state index is 12.6. The number of hydrogen-bond acceptors (Lipinski definition) is 9. The fraction of sp³-hybridized carbons (Fsp3) is 0.240. The molecule has 0 radical (unpaired) electrons. The van der Waals surface area contributed by atoms with Gasteiger partial charge in [-0.3, -0.25) is 14.3 Å². The largest absolute Gasteiger partial charge is 0.490 e. The van der Waals surface area contributed by atoms with Crippen LogP contribution in [0.5, 0.6) is 11.5 Å². The van der Waals surface area contributed by atoms with Gasteiger partial charge in [-0.1, -0.05) is 42.5 Å². The van der Waals surface area contributed by atoms with E-state index in [0.717, 1.165) is 6.26 Å². The predicted molar refractivity (Wildman–Crippen MR) is 131 cm³/mol. The molecule has 0 saturated carbocycles. The van der Waals surface area contributed by atoms with Crippen molar-refractivity contribution in [1.29, 1.82) is 0 Å². The van der Waals surface area contributed by atoms with E-state index in [2.05, 4.69) is 0 Å². The molecule has 2 atom stereocenters. The lowest BCUT2D eigenvalue weighted by molar-refractivity contribution is -0.384. The molecular weight excluding hydrogens is 490 g/mol. The lowest BCUT2D eigenvalue weighted by Crippen LogP contribution is -2.34. The zero-order valence-electron chi connectivity index (χ0n) is 19.6. The molecule has 0 saturated heterocycles. The van der Waals surface area contributed by atoms with Gasteiger partial charge in [0.1, 0.15) is 6.61 Å². The summed E-state index contributed by atoms with van der Waals surface area (Å²) in [5, 5.41) is 10.8. The van der Waals surface area contributed by atoms with E-state index in [1.165, 1.54) is 24.3 Å². The third kappa shape index (κ3) is 7.52. The minimum atomic E-state index is -3.99. The summed E-state index contributed by atoms with van der Waals surface area (Å²) in [5.74, 6) is -0.0209. The summed E-state index contributed by atoms with van der Waals surface area (Å²) in [7, 11) is -3.99. The van der Waals surface area contributed by atoms with E-state index in [1.54, 1.807) is 54.6 Å². The maximum atomic E-state index is 12.6. The average molecular weight is 516 g/mol. The van der Waals surface area contributed by atoms with Crippen LogP contribution < -0.4 is 9.47 Å². The van der Waals surface area contributed by atoms with E-state index in [1.807, 2.05) is 6.92 Å². The van der Waals surface area contributed by atoms with Gasteiger partial charge in [0.05, 0.1) is 23.3 Å². The van der Waals surface area contributed by atoms with Crippen LogP contribution in [0.1, 0.15) is 28.9 Å². The van der Waals surface area contributed by atoms with E-state index >= 15 is 0 Å². The van der Waals surface area contributed by atoms with E-state index in [0.29, 0.717) is 23.7 Å². The zero-order valence-corrected chi connectivity index (χ0v) is 20.4. The molecule has 3 aromatic rings. The monoisotopic (exact) mass is 515 g/mol. The topological polar surface area (TPSA) is 131 Å². The van der Waals surface area contributed by atoms with E-state index < -0.39 is 39.8 Å². The molecule has 36 heavy (non-hydrogen) atoms. The summed E-state index contributed by atoms with van der Waals surface area (Å²) < 4.78 is 46.7. The van der Waals surface area contributed by atoms with Gasteiger partial charge >= 0.3 is 5.97 Å². The number of benzene rings is 3. The van der Waals surface area contributed by atoms with Crippen LogP contribution in [-0.4, -0.2) is 44.9 Å². The predicted octanol–water partition coefficient (Wildman–Crippen LogP) is 4.32. The number of ether oxygens (including phenoxy) is 3. The highest BCUT2D eigenvalue weighted by Crippen LogP contribution is 2.34. The third-order valence-electron chi connectivity index (χ3n) is 4.86. The smallest absolute Gasteiger partial charge is 0.338 e. The molecule has 0 aliphatic carbocycles. The van der Waals surface area contributed by atoms with Crippen molar-refractivity contribution in [1.82, 2.24) is 0 Å². The summed E-state index contributed by atoms with van der Waals surface area (Å²) in [6.45, 7) is 1.71. The standard InChI is InChI=1S/C25H25NO9S/c1-3-32-21-11-7-8-12-22(21)34-24(18-9-5-4-6-10-18)23(35-36(2,30)31)17-33-25(27)19-13-15-20(16-14-19)26(28)29/h4-16,23-24H,3,17H2,1-2H3/t23-,24-/m1/s1. The van der Waals surface area contributed by atoms with Crippen LogP contribution in [0.15, 0.2) is 78.9 Å². The van der Waals surface area contributed by atoms with Crippen molar-refractivity contribution in [3.05, 3.63) is 100 Å². The molecule has 0 N–H and O–H groups in total. The van der Waals surface area contributed by atoms with Crippen molar-refractivity contribution in [3.63, 3.8) is 0 Å². The molecule has 0 unspecified atom stereocenters. The first-order valence-corrected chi connectivity index (χ1v) is 12.7. The Labute approximate surface area is 208 Å². The quantitative estimate of drug-likeness (QED) is 0.150. The molecule has 0 heterocycles. The average Bonchev–Trinajstić information content (AvgIpc) is 2.86. The third-order valence-corrected chi connectivity index (χ3v) is 5.46. The molecule has 0 spiro atoms. The Hall–Kier alpha value is -3.96. The number of carbonyl (C=O) groups excluding carboxylic acids is 1. The molecule has 0 amide bonds. The molecule has 0 aromatic heterocycles. The Morgan fingerprint density at radius 2 is 1.56 bits per heavy atom. The van der Waals surface area contributed by atoms with E-state index in [-0.39, 0.29) is 11.3 Å². The number of nitro groups is 1. The summed E-state index contributed by atoms with van der Waals surface area (Å²) in [5.41, 5.74) is 0.441. The molecule has 0 bridgehead atoms. The van der Waals surface area contributed by atoms with Crippen molar-refractivity contribution < 1.29 is 36.5 Å². The summed E-state index contributed by atoms with van der Waals surface area (Å²) in [6.07, 6.45) is -1.39. The number of carbonyl (C=O) groups is 1. The Morgan fingerprint density at radius 1 is 0.944 bits per heavy atom. The molecule has 0 aliphatic heterocycles. The van der Waals surface area contributed by atoms with Crippen LogP contribution in [0.3, 0.4) is 0 Å². The fourth-order valence-electron chi connectivity index (χ4n) is 3.31. The van der Waals surface area contributed by atoms with Gasteiger partial charge in [0.25, 0.3) is 15.8 Å². The molecule has 10 nitrogen and oxygen atoms in total. The van der Waals surface area contributed by atoms with Crippen molar-refractivity contribution in [3.8, 4) is 11.5 Å². The minimum Gasteiger partial charge on any atom is -0.490 e. The van der Waals surface area contributed by atoms with Gasteiger partial charge in [-0.2, -0.15) is 8.42 Å². The van der Waals surface area contributed by atoms with Crippen LogP contribution in [0, 0.1) is 10.1 Å². The van der Waals surface area contributed by atoms with Crippen LogP contribution in [0.2, 0.25) is 0 Å². The number of rotatable bonds is 12. The van der Waals surface area contributed by atoms with Crippen molar-refractivity contribution >= 4 is 21.8 Å². The van der Waals surface area contributed by atoms with E-state index in [4.69, 9.17) is 18.4 Å². The molecular formula is C25H25NO9S. The highest BCUT2D eigenvalue weighted by atomic mass is 32.2. The first-order valence-electron chi connectivity index (χ1n) is 10.9. The fourth-order valence-corrected chi connectivity index (χ4v) is 3.92. The molecule has 190 valence electrons. The second-order valence-electron chi connectivity index (χ2n) is 7.57. The van der Waals surface area contributed by atoms with Gasteiger partial charge in [-0.25, -0.2) is 4.79 Å². The Morgan fingerprint density at radius 3 is 2.14 bits per heavy atom. The second-order valence-corrected chi connectivity index (χ2v) is 9.17. The second kappa shape index (κ2) is 12.1. The molecule has 0 fully saturated rings. The number of nitrogens with zero attached hydrogens (tertiary/aromatic N) is 1.